The minimum Gasteiger partial charge on any atom is -0.378 e. The van der Waals surface area contributed by atoms with Crippen LogP contribution >= 0.6 is 0 Å². The van der Waals surface area contributed by atoms with Crippen molar-refractivity contribution in [2.45, 2.75) is 6.04 Å². The largest absolute Gasteiger partial charge is 0.378 e. The Kier molecular flexibility index (Phi) is 4.72. The lowest BCUT2D eigenvalue weighted by atomic mass is 10.1. The summed E-state index contributed by atoms with van der Waals surface area (Å²) in [5, 5.41) is 0. The fourth-order valence-electron chi connectivity index (χ4n) is 1.49. The molecule has 1 atom stereocenters. The molecule has 1 aromatic rings. The van der Waals surface area contributed by atoms with Crippen LogP contribution in [0.5, 0.6) is 0 Å². The number of sulfonamides is 1. The maximum atomic E-state index is 11.7. The summed E-state index contributed by atoms with van der Waals surface area (Å²) in [7, 11) is 3.65. The van der Waals surface area contributed by atoms with Crippen LogP contribution in [-0.2, 0) is 10.0 Å². The second-order valence-electron chi connectivity index (χ2n) is 4.65. The molecule has 0 aliphatic rings. The molecule has 6 heteroatoms. The molecular formula is C12H21N3O2S. The summed E-state index contributed by atoms with van der Waals surface area (Å²) in [6, 6.07) is 7.08. The van der Waals surface area contributed by atoms with Gasteiger partial charge in [0, 0.05) is 39.9 Å². The van der Waals surface area contributed by atoms with Gasteiger partial charge in [-0.05, 0) is 17.7 Å². The third kappa shape index (κ3) is 3.69. The summed E-state index contributed by atoms with van der Waals surface area (Å²) < 4.78 is 24.6. The zero-order valence-corrected chi connectivity index (χ0v) is 12.1. The van der Waals surface area contributed by atoms with E-state index < -0.39 is 16.1 Å². The number of benzene rings is 1. The minimum atomic E-state index is -3.27. The standard InChI is InChI=1S/C12H21N3O2S/c1-14(2)11-7-5-10(6-8-11)12(13)9-18(16,17)15(3)4/h5-8,12H,9,13H2,1-4H3. The van der Waals surface area contributed by atoms with Crippen LogP contribution in [0.3, 0.4) is 0 Å². The molecule has 0 aliphatic heterocycles. The zero-order valence-electron chi connectivity index (χ0n) is 11.3. The monoisotopic (exact) mass is 271 g/mol. The van der Waals surface area contributed by atoms with Crippen molar-refractivity contribution >= 4 is 15.7 Å². The lowest BCUT2D eigenvalue weighted by Gasteiger charge is -2.18. The molecule has 0 aliphatic carbocycles. The van der Waals surface area contributed by atoms with Gasteiger partial charge in [0.25, 0.3) is 0 Å². The first-order chi connectivity index (χ1) is 8.24. The van der Waals surface area contributed by atoms with Crippen molar-refractivity contribution in [1.29, 1.82) is 0 Å². The van der Waals surface area contributed by atoms with Gasteiger partial charge >= 0.3 is 0 Å². The molecule has 1 unspecified atom stereocenters. The van der Waals surface area contributed by atoms with Crippen molar-refractivity contribution in [2.24, 2.45) is 5.73 Å². The van der Waals surface area contributed by atoms with Gasteiger partial charge in [-0.1, -0.05) is 12.1 Å². The van der Waals surface area contributed by atoms with Gasteiger partial charge in [-0.2, -0.15) is 0 Å². The molecule has 1 aromatic carbocycles. The predicted octanol–water partition coefficient (Wildman–Crippen LogP) is 0.644. The first-order valence-corrected chi connectivity index (χ1v) is 7.28. The third-order valence-electron chi connectivity index (χ3n) is 2.78. The minimum absolute atomic E-state index is 0.0820. The lowest BCUT2D eigenvalue weighted by molar-refractivity contribution is 0.515. The van der Waals surface area contributed by atoms with Crippen LogP contribution in [0.1, 0.15) is 11.6 Å². The highest BCUT2D eigenvalue weighted by atomic mass is 32.2. The molecule has 0 heterocycles. The number of hydrogen-bond donors (Lipinski definition) is 1. The maximum Gasteiger partial charge on any atom is 0.215 e. The van der Waals surface area contributed by atoms with E-state index in [1.165, 1.54) is 18.4 Å². The van der Waals surface area contributed by atoms with E-state index in [2.05, 4.69) is 0 Å². The molecule has 0 saturated carbocycles. The second kappa shape index (κ2) is 5.69. The molecule has 0 bridgehead atoms. The Labute approximate surface area is 109 Å². The summed E-state index contributed by atoms with van der Waals surface area (Å²) in [4.78, 5) is 1.98. The molecule has 1 rings (SSSR count). The molecule has 0 aromatic heterocycles. The summed E-state index contributed by atoms with van der Waals surface area (Å²) in [6.07, 6.45) is 0. The molecule has 0 fully saturated rings. The Balaban J connectivity index is 2.82. The molecule has 2 N–H and O–H groups in total. The van der Waals surface area contributed by atoms with Gasteiger partial charge in [0.2, 0.25) is 10.0 Å². The van der Waals surface area contributed by atoms with Crippen LogP contribution in [0, 0.1) is 0 Å². The smallest absolute Gasteiger partial charge is 0.215 e. The third-order valence-corrected chi connectivity index (χ3v) is 4.68. The SMILES string of the molecule is CN(C)c1ccc(C(N)CS(=O)(=O)N(C)C)cc1. The Morgan fingerprint density at radius 2 is 1.61 bits per heavy atom. The van der Waals surface area contributed by atoms with Crippen molar-refractivity contribution < 1.29 is 8.42 Å². The van der Waals surface area contributed by atoms with E-state index >= 15 is 0 Å². The van der Waals surface area contributed by atoms with Crippen molar-refractivity contribution in [1.82, 2.24) is 4.31 Å². The van der Waals surface area contributed by atoms with Crippen molar-refractivity contribution in [2.75, 3.05) is 38.8 Å². The summed E-state index contributed by atoms with van der Waals surface area (Å²) in [5.41, 5.74) is 7.81. The van der Waals surface area contributed by atoms with Crippen LogP contribution in [0.2, 0.25) is 0 Å². The van der Waals surface area contributed by atoms with Gasteiger partial charge in [0.05, 0.1) is 5.75 Å². The quantitative estimate of drug-likeness (QED) is 0.853. The normalized spacial score (nSPS) is 13.7. The predicted molar refractivity (Wildman–Crippen MR) is 75.2 cm³/mol. The van der Waals surface area contributed by atoms with E-state index in [1.807, 2.05) is 43.3 Å². The first-order valence-electron chi connectivity index (χ1n) is 5.67. The number of rotatable bonds is 5. The number of anilines is 1. The molecule has 5 nitrogen and oxygen atoms in total. The molecule has 0 saturated heterocycles. The Morgan fingerprint density at radius 1 is 1.11 bits per heavy atom. The van der Waals surface area contributed by atoms with Gasteiger partial charge < -0.3 is 10.6 Å². The van der Waals surface area contributed by atoms with Gasteiger partial charge in [-0.25, -0.2) is 12.7 Å². The van der Waals surface area contributed by atoms with Gasteiger partial charge in [0.15, 0.2) is 0 Å². The molecular weight excluding hydrogens is 250 g/mol. The fraction of sp³-hybridized carbons (Fsp3) is 0.500. The van der Waals surface area contributed by atoms with Crippen LogP contribution in [0.4, 0.5) is 5.69 Å². The highest BCUT2D eigenvalue weighted by Gasteiger charge is 2.19. The molecule has 102 valence electrons. The zero-order chi connectivity index (χ0) is 13.9. The van der Waals surface area contributed by atoms with Crippen molar-refractivity contribution in [3.63, 3.8) is 0 Å². The Hall–Kier alpha value is -1.11. The van der Waals surface area contributed by atoms with Crippen LogP contribution in [0.15, 0.2) is 24.3 Å². The van der Waals surface area contributed by atoms with Crippen LogP contribution in [-0.4, -0.2) is 46.7 Å². The van der Waals surface area contributed by atoms with Gasteiger partial charge in [-0.15, -0.1) is 0 Å². The number of nitrogens with zero attached hydrogens (tertiary/aromatic N) is 2. The second-order valence-corrected chi connectivity index (χ2v) is 6.88. The number of nitrogens with two attached hydrogens (primary N) is 1. The Morgan fingerprint density at radius 3 is 2.00 bits per heavy atom. The molecule has 0 spiro atoms. The Bertz CT molecular complexity index is 481. The average molecular weight is 271 g/mol. The van der Waals surface area contributed by atoms with Gasteiger partial charge in [-0.3, -0.25) is 0 Å². The molecule has 0 radical (unpaired) electrons. The maximum absolute atomic E-state index is 11.7. The number of hydrogen-bond acceptors (Lipinski definition) is 4. The van der Waals surface area contributed by atoms with Crippen LogP contribution < -0.4 is 10.6 Å². The average Bonchev–Trinajstić information content (AvgIpc) is 2.28. The topological polar surface area (TPSA) is 66.6 Å². The van der Waals surface area contributed by atoms with E-state index in [0.29, 0.717) is 0 Å². The van der Waals surface area contributed by atoms with Gasteiger partial charge in [0.1, 0.15) is 0 Å². The van der Waals surface area contributed by atoms with Crippen LogP contribution in [0.25, 0.3) is 0 Å². The van der Waals surface area contributed by atoms with Crippen molar-refractivity contribution in [3.8, 4) is 0 Å². The summed E-state index contributed by atoms with van der Waals surface area (Å²) in [6.45, 7) is 0. The summed E-state index contributed by atoms with van der Waals surface area (Å²) >= 11 is 0. The van der Waals surface area contributed by atoms with E-state index in [9.17, 15) is 8.42 Å². The van der Waals surface area contributed by atoms with E-state index in [4.69, 9.17) is 5.73 Å². The fourth-order valence-corrected chi connectivity index (χ4v) is 2.44. The van der Waals surface area contributed by atoms with E-state index in [1.54, 1.807) is 0 Å². The van der Waals surface area contributed by atoms with E-state index in [-0.39, 0.29) is 5.75 Å². The lowest BCUT2D eigenvalue weighted by Crippen LogP contribution is -2.31. The first kappa shape index (κ1) is 14.9. The molecule has 18 heavy (non-hydrogen) atoms. The summed E-state index contributed by atoms with van der Waals surface area (Å²) in [5.74, 6) is -0.0820. The molecule has 0 amide bonds. The highest BCUT2D eigenvalue weighted by Crippen LogP contribution is 2.18. The highest BCUT2D eigenvalue weighted by molar-refractivity contribution is 7.89. The van der Waals surface area contributed by atoms with Crippen molar-refractivity contribution in [3.05, 3.63) is 29.8 Å². The van der Waals surface area contributed by atoms with E-state index in [0.717, 1.165) is 11.3 Å².